The van der Waals surface area contributed by atoms with Crippen molar-refractivity contribution in [1.82, 2.24) is 0 Å². The number of amides is 1. The number of anilines is 1. The van der Waals surface area contributed by atoms with Crippen molar-refractivity contribution in [3.8, 4) is 5.75 Å². The highest BCUT2D eigenvalue weighted by molar-refractivity contribution is 5.97. The Morgan fingerprint density at radius 2 is 1.80 bits per heavy atom. The molecule has 1 aromatic rings. The maximum Gasteiger partial charge on any atom is 0.256 e. The van der Waals surface area contributed by atoms with Crippen LogP contribution in [0.3, 0.4) is 0 Å². The standard InChI is InChI=1S/C21H35NO3/c1-8-10-11-12-21(6,24-7)20(23)22-18-13-15(3)19(16(4)14-18)25-17(5)9-2/h13-14,17H,8-12H2,1-7H3,(H,22,23)/t17-,21-/m0/s1. The van der Waals surface area contributed by atoms with Gasteiger partial charge in [0.1, 0.15) is 11.4 Å². The van der Waals surface area contributed by atoms with Crippen LogP contribution < -0.4 is 10.1 Å². The summed E-state index contributed by atoms with van der Waals surface area (Å²) in [6.07, 6.45) is 5.06. The third kappa shape index (κ3) is 6.03. The first-order chi connectivity index (χ1) is 11.8. The third-order valence-corrected chi connectivity index (χ3v) is 4.80. The maximum absolute atomic E-state index is 12.7. The Morgan fingerprint density at radius 3 is 2.28 bits per heavy atom. The minimum absolute atomic E-state index is 0.0968. The number of hydrogen-bond acceptors (Lipinski definition) is 3. The molecule has 0 aliphatic carbocycles. The molecule has 1 rings (SSSR count). The van der Waals surface area contributed by atoms with Gasteiger partial charge in [0.05, 0.1) is 6.10 Å². The third-order valence-electron chi connectivity index (χ3n) is 4.80. The monoisotopic (exact) mass is 349 g/mol. The molecule has 0 spiro atoms. The molecule has 2 atom stereocenters. The Hall–Kier alpha value is -1.55. The summed E-state index contributed by atoms with van der Waals surface area (Å²) in [7, 11) is 1.60. The summed E-state index contributed by atoms with van der Waals surface area (Å²) in [4.78, 5) is 12.7. The molecule has 1 amide bonds. The van der Waals surface area contributed by atoms with E-state index < -0.39 is 5.60 Å². The Labute approximate surface area is 153 Å². The van der Waals surface area contributed by atoms with E-state index in [0.29, 0.717) is 0 Å². The van der Waals surface area contributed by atoms with Crippen LogP contribution in [0.15, 0.2) is 12.1 Å². The Morgan fingerprint density at radius 1 is 1.20 bits per heavy atom. The summed E-state index contributed by atoms with van der Waals surface area (Å²) in [5, 5.41) is 3.02. The van der Waals surface area contributed by atoms with Crippen molar-refractivity contribution < 1.29 is 14.3 Å². The van der Waals surface area contributed by atoms with E-state index in [1.165, 1.54) is 0 Å². The predicted molar refractivity (Wildman–Crippen MR) is 104 cm³/mol. The van der Waals surface area contributed by atoms with Gasteiger partial charge in [-0.15, -0.1) is 0 Å². The summed E-state index contributed by atoms with van der Waals surface area (Å²) in [6, 6.07) is 3.93. The minimum Gasteiger partial charge on any atom is -0.490 e. The first kappa shape index (κ1) is 21.5. The van der Waals surface area contributed by atoms with Crippen LogP contribution in [0.5, 0.6) is 5.75 Å². The summed E-state index contributed by atoms with van der Waals surface area (Å²) < 4.78 is 11.5. The topological polar surface area (TPSA) is 47.6 Å². The van der Waals surface area contributed by atoms with E-state index in [0.717, 1.165) is 54.7 Å². The van der Waals surface area contributed by atoms with Gasteiger partial charge in [0, 0.05) is 12.8 Å². The maximum atomic E-state index is 12.7. The fourth-order valence-corrected chi connectivity index (χ4v) is 2.78. The van der Waals surface area contributed by atoms with E-state index in [-0.39, 0.29) is 12.0 Å². The van der Waals surface area contributed by atoms with Crippen LogP contribution in [0, 0.1) is 13.8 Å². The van der Waals surface area contributed by atoms with Crippen LogP contribution in [0.25, 0.3) is 0 Å². The van der Waals surface area contributed by atoms with E-state index in [4.69, 9.17) is 9.47 Å². The lowest BCUT2D eigenvalue weighted by Gasteiger charge is -2.27. The van der Waals surface area contributed by atoms with Crippen molar-refractivity contribution in [2.75, 3.05) is 12.4 Å². The zero-order valence-electron chi connectivity index (χ0n) is 17.0. The number of unbranched alkanes of at least 4 members (excludes halogenated alkanes) is 2. The molecule has 0 fully saturated rings. The molecule has 0 unspecified atom stereocenters. The molecular formula is C21H35NO3. The molecule has 25 heavy (non-hydrogen) atoms. The highest BCUT2D eigenvalue weighted by atomic mass is 16.5. The average Bonchev–Trinajstić information content (AvgIpc) is 2.57. The molecule has 1 aromatic carbocycles. The van der Waals surface area contributed by atoms with Crippen molar-refractivity contribution in [2.24, 2.45) is 0 Å². The molecule has 4 heteroatoms. The number of carbonyl (C=O) groups is 1. The van der Waals surface area contributed by atoms with Crippen LogP contribution in [0.1, 0.15) is 70.9 Å². The molecule has 4 nitrogen and oxygen atoms in total. The van der Waals surface area contributed by atoms with Gasteiger partial charge in [-0.25, -0.2) is 0 Å². The first-order valence-corrected chi connectivity index (χ1v) is 9.41. The zero-order chi connectivity index (χ0) is 19.0. The van der Waals surface area contributed by atoms with E-state index in [1.54, 1.807) is 7.11 Å². The Bertz CT molecular complexity index is 547. The summed E-state index contributed by atoms with van der Waals surface area (Å²) >= 11 is 0. The van der Waals surface area contributed by atoms with Crippen LogP contribution >= 0.6 is 0 Å². The molecular weight excluding hydrogens is 314 g/mol. The number of carbonyl (C=O) groups excluding carboxylic acids is 1. The Kier molecular flexibility index (Phi) is 8.43. The van der Waals surface area contributed by atoms with Crippen LogP contribution in [-0.4, -0.2) is 24.7 Å². The van der Waals surface area contributed by atoms with E-state index >= 15 is 0 Å². The summed E-state index contributed by atoms with van der Waals surface area (Å²) in [5.41, 5.74) is 2.04. The lowest BCUT2D eigenvalue weighted by atomic mass is 9.96. The van der Waals surface area contributed by atoms with E-state index in [1.807, 2.05) is 32.9 Å². The zero-order valence-corrected chi connectivity index (χ0v) is 17.0. The van der Waals surface area contributed by atoms with Gasteiger partial charge in [0.15, 0.2) is 0 Å². The normalized spacial score (nSPS) is 14.7. The smallest absolute Gasteiger partial charge is 0.256 e. The second-order valence-electron chi connectivity index (χ2n) is 7.12. The molecule has 0 saturated carbocycles. The first-order valence-electron chi connectivity index (χ1n) is 9.41. The fraction of sp³-hybridized carbons (Fsp3) is 0.667. The number of rotatable bonds is 10. The number of ether oxygens (including phenoxy) is 2. The largest absolute Gasteiger partial charge is 0.490 e. The lowest BCUT2D eigenvalue weighted by Crippen LogP contribution is -2.42. The highest BCUT2D eigenvalue weighted by Crippen LogP contribution is 2.29. The highest BCUT2D eigenvalue weighted by Gasteiger charge is 2.32. The van der Waals surface area contributed by atoms with Gasteiger partial charge >= 0.3 is 0 Å². The quantitative estimate of drug-likeness (QED) is 0.575. The van der Waals surface area contributed by atoms with Gasteiger partial charge in [-0.2, -0.15) is 0 Å². The number of methoxy groups -OCH3 is 1. The van der Waals surface area contributed by atoms with Gasteiger partial charge in [-0.1, -0.05) is 33.1 Å². The molecule has 0 aliphatic heterocycles. The van der Waals surface area contributed by atoms with Crippen molar-refractivity contribution in [2.45, 2.75) is 85.4 Å². The van der Waals surface area contributed by atoms with Crippen molar-refractivity contribution in [1.29, 1.82) is 0 Å². The van der Waals surface area contributed by atoms with E-state index in [2.05, 4.69) is 26.1 Å². The SMILES string of the molecule is CCCCC[C@](C)(OC)C(=O)Nc1cc(C)c(O[C@@H](C)CC)c(C)c1. The lowest BCUT2D eigenvalue weighted by molar-refractivity contribution is -0.136. The fourth-order valence-electron chi connectivity index (χ4n) is 2.78. The molecule has 0 aliphatic rings. The summed E-state index contributed by atoms with van der Waals surface area (Å²) in [5.74, 6) is 0.810. The molecule has 142 valence electrons. The number of nitrogens with one attached hydrogen (secondary N) is 1. The van der Waals surface area contributed by atoms with Crippen molar-refractivity contribution >= 4 is 11.6 Å². The molecule has 0 saturated heterocycles. The molecule has 0 bridgehead atoms. The Balaban J connectivity index is 2.89. The van der Waals surface area contributed by atoms with Crippen LogP contribution in [-0.2, 0) is 9.53 Å². The predicted octanol–water partition coefficient (Wildman–Crippen LogP) is 5.40. The number of benzene rings is 1. The van der Waals surface area contributed by atoms with E-state index in [9.17, 15) is 4.79 Å². The van der Waals surface area contributed by atoms with Gasteiger partial charge in [0.25, 0.3) is 5.91 Å². The van der Waals surface area contributed by atoms with Crippen LogP contribution in [0.4, 0.5) is 5.69 Å². The van der Waals surface area contributed by atoms with Gasteiger partial charge < -0.3 is 14.8 Å². The van der Waals surface area contributed by atoms with Crippen molar-refractivity contribution in [3.05, 3.63) is 23.3 Å². The second-order valence-corrected chi connectivity index (χ2v) is 7.12. The van der Waals surface area contributed by atoms with Gasteiger partial charge in [-0.05, 0) is 63.8 Å². The molecule has 0 heterocycles. The average molecular weight is 350 g/mol. The van der Waals surface area contributed by atoms with Gasteiger partial charge in [-0.3, -0.25) is 4.79 Å². The number of hydrogen-bond donors (Lipinski definition) is 1. The second kappa shape index (κ2) is 9.81. The molecule has 0 aromatic heterocycles. The molecule has 0 radical (unpaired) electrons. The number of aryl methyl sites for hydroxylation is 2. The van der Waals surface area contributed by atoms with Gasteiger partial charge in [0.2, 0.25) is 0 Å². The minimum atomic E-state index is -0.803. The molecule has 1 N–H and O–H groups in total. The van der Waals surface area contributed by atoms with Crippen molar-refractivity contribution in [3.63, 3.8) is 0 Å². The van der Waals surface area contributed by atoms with Crippen LogP contribution in [0.2, 0.25) is 0 Å². The summed E-state index contributed by atoms with van der Waals surface area (Å²) in [6.45, 7) is 12.2.